The summed E-state index contributed by atoms with van der Waals surface area (Å²) >= 11 is 1.40. The number of carbonyl (C=O) groups is 1. The second-order valence-corrected chi connectivity index (χ2v) is 4.44. The van der Waals surface area contributed by atoms with E-state index in [1.165, 1.54) is 22.0 Å². The van der Waals surface area contributed by atoms with Crippen molar-refractivity contribution in [2.24, 2.45) is 0 Å². The van der Waals surface area contributed by atoms with E-state index in [0.717, 1.165) is 5.69 Å². The average Bonchev–Trinajstić information content (AvgIpc) is 2.76. The zero-order valence-electron chi connectivity index (χ0n) is 8.84. The van der Waals surface area contributed by atoms with E-state index in [9.17, 15) is 9.59 Å². The number of ketones is 1. The highest BCUT2D eigenvalue weighted by Crippen LogP contribution is 2.10. The lowest BCUT2D eigenvalue weighted by Crippen LogP contribution is -2.24. The van der Waals surface area contributed by atoms with Gasteiger partial charge in [-0.3, -0.25) is 9.59 Å². The standard InChI is InChI=1S/C12H11NO2S/c1-9-4-2-6-12(15)13(9)8-10(14)11-5-3-7-16-11/h2-7H,8H2,1H3. The fourth-order valence-corrected chi connectivity index (χ4v) is 2.14. The Balaban J connectivity index is 2.28. The maximum atomic E-state index is 11.8. The number of Topliss-reactive ketones (excluding diaryl/α,β-unsaturated/α-hetero) is 1. The van der Waals surface area contributed by atoms with Gasteiger partial charge in [0.1, 0.15) is 0 Å². The summed E-state index contributed by atoms with van der Waals surface area (Å²) in [6.45, 7) is 1.94. The van der Waals surface area contributed by atoms with Gasteiger partial charge in [0.2, 0.25) is 0 Å². The highest BCUT2D eigenvalue weighted by Gasteiger charge is 2.09. The van der Waals surface area contributed by atoms with Crippen LogP contribution in [0.25, 0.3) is 0 Å². The Morgan fingerprint density at radius 1 is 1.31 bits per heavy atom. The number of thiophene rings is 1. The molecule has 0 radical (unpaired) electrons. The lowest BCUT2D eigenvalue weighted by atomic mass is 10.3. The van der Waals surface area contributed by atoms with Gasteiger partial charge in [-0.05, 0) is 24.4 Å². The molecule has 0 aliphatic rings. The molecular formula is C12H11NO2S. The summed E-state index contributed by atoms with van der Waals surface area (Å²) in [7, 11) is 0. The Morgan fingerprint density at radius 2 is 2.12 bits per heavy atom. The van der Waals surface area contributed by atoms with Crippen molar-refractivity contribution in [3.63, 3.8) is 0 Å². The van der Waals surface area contributed by atoms with Crippen LogP contribution >= 0.6 is 11.3 Å². The lowest BCUT2D eigenvalue weighted by molar-refractivity contribution is 0.0974. The molecule has 4 heteroatoms. The maximum absolute atomic E-state index is 11.8. The summed E-state index contributed by atoms with van der Waals surface area (Å²) in [6.07, 6.45) is 0. The van der Waals surface area contributed by atoms with Gasteiger partial charge < -0.3 is 4.57 Å². The molecule has 2 rings (SSSR count). The molecule has 0 aliphatic heterocycles. The van der Waals surface area contributed by atoms with E-state index in [0.29, 0.717) is 4.88 Å². The normalized spacial score (nSPS) is 10.3. The number of carbonyl (C=O) groups excluding carboxylic acids is 1. The molecule has 0 bridgehead atoms. The van der Waals surface area contributed by atoms with Crippen LogP contribution in [0.3, 0.4) is 0 Å². The number of hydrogen-bond acceptors (Lipinski definition) is 3. The van der Waals surface area contributed by atoms with Gasteiger partial charge in [0, 0.05) is 11.8 Å². The Bertz CT molecular complexity index is 555. The Labute approximate surface area is 97.0 Å². The predicted molar refractivity (Wildman–Crippen MR) is 64.1 cm³/mol. The Morgan fingerprint density at radius 3 is 2.75 bits per heavy atom. The zero-order chi connectivity index (χ0) is 11.5. The van der Waals surface area contributed by atoms with Gasteiger partial charge >= 0.3 is 0 Å². The number of rotatable bonds is 3. The molecule has 16 heavy (non-hydrogen) atoms. The quantitative estimate of drug-likeness (QED) is 0.761. The molecule has 0 saturated heterocycles. The molecule has 0 unspecified atom stereocenters. The number of aromatic nitrogens is 1. The zero-order valence-corrected chi connectivity index (χ0v) is 9.66. The van der Waals surface area contributed by atoms with E-state index >= 15 is 0 Å². The molecule has 82 valence electrons. The first-order valence-electron chi connectivity index (χ1n) is 4.91. The molecule has 0 atom stereocenters. The van der Waals surface area contributed by atoms with E-state index in [-0.39, 0.29) is 17.9 Å². The largest absolute Gasteiger partial charge is 0.305 e. The second kappa shape index (κ2) is 4.45. The maximum Gasteiger partial charge on any atom is 0.251 e. The fraction of sp³-hybridized carbons (Fsp3) is 0.167. The minimum atomic E-state index is -0.134. The number of hydrogen-bond donors (Lipinski definition) is 0. The number of pyridine rings is 1. The second-order valence-electron chi connectivity index (χ2n) is 3.49. The van der Waals surface area contributed by atoms with Crippen LogP contribution in [0, 0.1) is 6.92 Å². The third kappa shape index (κ3) is 2.12. The van der Waals surface area contributed by atoms with Crippen molar-refractivity contribution in [2.45, 2.75) is 13.5 Å². The molecule has 2 aromatic rings. The first-order chi connectivity index (χ1) is 7.68. The minimum absolute atomic E-state index is 0.0219. The first-order valence-corrected chi connectivity index (χ1v) is 5.79. The van der Waals surface area contributed by atoms with Gasteiger partial charge in [-0.15, -0.1) is 11.3 Å². The van der Waals surface area contributed by atoms with Gasteiger partial charge in [0.25, 0.3) is 5.56 Å². The van der Waals surface area contributed by atoms with Gasteiger partial charge in [0.05, 0.1) is 11.4 Å². The van der Waals surface area contributed by atoms with Crippen LogP contribution in [0.2, 0.25) is 0 Å². The summed E-state index contributed by atoms with van der Waals surface area (Å²) in [5, 5.41) is 1.86. The van der Waals surface area contributed by atoms with Gasteiger partial charge in [-0.25, -0.2) is 0 Å². The van der Waals surface area contributed by atoms with E-state index in [2.05, 4.69) is 0 Å². The van der Waals surface area contributed by atoms with E-state index in [4.69, 9.17) is 0 Å². The third-order valence-electron chi connectivity index (χ3n) is 2.37. The summed E-state index contributed by atoms with van der Waals surface area (Å²) < 4.78 is 1.49. The van der Waals surface area contributed by atoms with Crippen LogP contribution in [0.5, 0.6) is 0 Å². The van der Waals surface area contributed by atoms with Crippen LogP contribution in [0.15, 0.2) is 40.5 Å². The van der Waals surface area contributed by atoms with E-state index in [1.54, 1.807) is 12.1 Å². The molecular weight excluding hydrogens is 222 g/mol. The topological polar surface area (TPSA) is 39.1 Å². The summed E-state index contributed by atoms with van der Waals surface area (Å²) in [4.78, 5) is 24.1. The van der Waals surface area contributed by atoms with E-state index < -0.39 is 0 Å². The smallest absolute Gasteiger partial charge is 0.251 e. The molecule has 0 aromatic carbocycles. The van der Waals surface area contributed by atoms with Crippen molar-refractivity contribution in [1.82, 2.24) is 4.57 Å². The van der Waals surface area contributed by atoms with Crippen LogP contribution in [-0.2, 0) is 6.54 Å². The summed E-state index contributed by atoms with van der Waals surface area (Å²) in [5.74, 6) is -0.0219. The minimum Gasteiger partial charge on any atom is -0.305 e. The van der Waals surface area contributed by atoms with Gasteiger partial charge in [-0.1, -0.05) is 12.1 Å². The van der Waals surface area contributed by atoms with Crippen molar-refractivity contribution < 1.29 is 4.79 Å². The molecule has 0 aliphatic carbocycles. The molecule has 0 amide bonds. The third-order valence-corrected chi connectivity index (χ3v) is 3.28. The molecule has 0 N–H and O–H groups in total. The molecule has 0 spiro atoms. The highest BCUT2D eigenvalue weighted by atomic mass is 32.1. The van der Waals surface area contributed by atoms with Crippen molar-refractivity contribution in [2.75, 3.05) is 0 Å². The Kier molecular flexibility index (Phi) is 3.01. The van der Waals surface area contributed by atoms with Gasteiger partial charge in [0.15, 0.2) is 5.78 Å². The fourth-order valence-electron chi connectivity index (χ4n) is 1.48. The Hall–Kier alpha value is -1.68. The predicted octanol–water partition coefficient (Wildman–Crippen LogP) is 2.10. The van der Waals surface area contributed by atoms with Crippen LogP contribution < -0.4 is 5.56 Å². The summed E-state index contributed by atoms with van der Waals surface area (Å²) in [5.41, 5.74) is 0.669. The van der Waals surface area contributed by atoms with Gasteiger partial charge in [-0.2, -0.15) is 0 Å². The van der Waals surface area contributed by atoms with Crippen LogP contribution in [0.4, 0.5) is 0 Å². The van der Waals surface area contributed by atoms with Crippen molar-refractivity contribution in [3.05, 3.63) is 56.6 Å². The molecule has 0 saturated carbocycles. The summed E-state index contributed by atoms with van der Waals surface area (Å²) in [6, 6.07) is 8.59. The van der Waals surface area contributed by atoms with E-state index in [1.807, 2.05) is 24.4 Å². The molecule has 2 heterocycles. The lowest BCUT2D eigenvalue weighted by Gasteiger charge is -2.07. The number of nitrogens with zero attached hydrogens (tertiary/aromatic N) is 1. The monoisotopic (exact) mass is 233 g/mol. The number of aryl methyl sites for hydroxylation is 1. The van der Waals surface area contributed by atoms with Crippen LogP contribution in [-0.4, -0.2) is 10.4 Å². The average molecular weight is 233 g/mol. The molecule has 3 nitrogen and oxygen atoms in total. The highest BCUT2D eigenvalue weighted by molar-refractivity contribution is 7.12. The van der Waals surface area contributed by atoms with Crippen molar-refractivity contribution >= 4 is 17.1 Å². The van der Waals surface area contributed by atoms with Crippen LogP contribution in [0.1, 0.15) is 15.4 Å². The SMILES string of the molecule is Cc1cccc(=O)n1CC(=O)c1cccs1. The van der Waals surface area contributed by atoms with Crippen molar-refractivity contribution in [1.29, 1.82) is 0 Å². The molecule has 2 aromatic heterocycles. The first kappa shape index (κ1) is 10.8. The molecule has 0 fully saturated rings. The van der Waals surface area contributed by atoms with Crippen molar-refractivity contribution in [3.8, 4) is 0 Å².